The van der Waals surface area contributed by atoms with Gasteiger partial charge in [0.15, 0.2) is 11.5 Å². The van der Waals surface area contributed by atoms with Crippen molar-refractivity contribution in [1.82, 2.24) is 4.98 Å². The van der Waals surface area contributed by atoms with E-state index in [0.717, 1.165) is 39.9 Å². The van der Waals surface area contributed by atoms with Gasteiger partial charge in [0.05, 0.1) is 6.61 Å². The SMILES string of the molecule is OC[C@H]1O[C@@H](Oc2cccc3[nH]cc(CCc4ccc5c(c4)OCO5)c23)[C@H](O)[C@@H](O)[C@@H]1O. The van der Waals surface area contributed by atoms with Crippen LogP contribution < -0.4 is 14.2 Å². The van der Waals surface area contributed by atoms with E-state index in [0.29, 0.717) is 12.2 Å². The average molecular weight is 443 g/mol. The highest BCUT2D eigenvalue weighted by Gasteiger charge is 2.44. The molecule has 0 spiro atoms. The third-order valence-corrected chi connectivity index (χ3v) is 5.96. The van der Waals surface area contributed by atoms with E-state index >= 15 is 0 Å². The number of aliphatic hydroxyl groups excluding tert-OH is 4. The van der Waals surface area contributed by atoms with E-state index in [1.165, 1.54) is 0 Å². The minimum Gasteiger partial charge on any atom is -0.461 e. The van der Waals surface area contributed by atoms with Crippen LogP contribution in [0.4, 0.5) is 0 Å². The molecule has 0 amide bonds. The lowest BCUT2D eigenvalue weighted by Gasteiger charge is -2.39. The lowest BCUT2D eigenvalue weighted by molar-refractivity contribution is -0.277. The summed E-state index contributed by atoms with van der Waals surface area (Å²) in [6.45, 7) is -0.278. The normalized spacial score (nSPS) is 27.1. The minimum absolute atomic E-state index is 0.236. The van der Waals surface area contributed by atoms with Crippen molar-refractivity contribution < 1.29 is 39.4 Å². The summed E-state index contributed by atoms with van der Waals surface area (Å²) in [5.74, 6) is 1.96. The Kier molecular flexibility index (Phi) is 5.66. The van der Waals surface area contributed by atoms with E-state index in [4.69, 9.17) is 18.9 Å². The predicted molar refractivity (Wildman–Crippen MR) is 113 cm³/mol. The minimum atomic E-state index is -1.50. The number of fused-ring (bicyclic) bond motifs is 2. The van der Waals surface area contributed by atoms with Gasteiger partial charge < -0.3 is 44.4 Å². The first-order chi connectivity index (χ1) is 15.5. The third-order valence-electron chi connectivity index (χ3n) is 5.96. The van der Waals surface area contributed by atoms with E-state index in [2.05, 4.69) is 4.98 Å². The molecule has 2 aromatic carbocycles. The summed E-state index contributed by atoms with van der Waals surface area (Å²) in [7, 11) is 0. The van der Waals surface area contributed by atoms with Gasteiger partial charge in [-0.3, -0.25) is 0 Å². The highest BCUT2D eigenvalue weighted by Crippen LogP contribution is 2.35. The number of aliphatic hydroxyl groups is 4. The van der Waals surface area contributed by atoms with Crippen LogP contribution in [0.1, 0.15) is 11.1 Å². The summed E-state index contributed by atoms with van der Waals surface area (Å²) in [6, 6.07) is 11.4. The molecule has 1 fully saturated rings. The number of rotatable bonds is 6. The molecule has 5 rings (SSSR count). The van der Waals surface area contributed by atoms with Crippen molar-refractivity contribution in [3.8, 4) is 17.2 Å². The maximum atomic E-state index is 10.3. The summed E-state index contributed by atoms with van der Waals surface area (Å²) in [5.41, 5.74) is 2.97. The summed E-state index contributed by atoms with van der Waals surface area (Å²) >= 11 is 0. The summed E-state index contributed by atoms with van der Waals surface area (Å²) in [4.78, 5) is 3.23. The number of benzene rings is 2. The molecule has 170 valence electrons. The number of aromatic nitrogens is 1. The summed E-state index contributed by atoms with van der Waals surface area (Å²) < 4.78 is 22.3. The van der Waals surface area contributed by atoms with Gasteiger partial charge >= 0.3 is 0 Å². The molecule has 0 saturated carbocycles. The Labute approximate surface area is 183 Å². The standard InChI is InChI=1S/C23H25NO8/c25-10-18-20(26)21(27)22(28)23(32-18)31-16-3-1-2-14-19(16)13(9-24-14)6-4-12-5-7-15-17(8-12)30-11-29-15/h1-3,5,7-9,18,20-28H,4,6,10-11H2/t18-,20-,21+,22-,23-/m1/s1. The van der Waals surface area contributed by atoms with Crippen LogP contribution in [0, 0.1) is 0 Å². The van der Waals surface area contributed by atoms with Gasteiger partial charge in [0.1, 0.15) is 30.2 Å². The van der Waals surface area contributed by atoms with Gasteiger partial charge in [-0.2, -0.15) is 0 Å². The number of H-pyrrole nitrogens is 1. The van der Waals surface area contributed by atoms with Crippen LogP contribution in [0.2, 0.25) is 0 Å². The van der Waals surface area contributed by atoms with Crippen LogP contribution in [-0.4, -0.2) is 69.5 Å². The van der Waals surface area contributed by atoms with Gasteiger partial charge in [-0.1, -0.05) is 12.1 Å². The Hall–Kier alpha value is -2.82. The molecular weight excluding hydrogens is 418 g/mol. The van der Waals surface area contributed by atoms with E-state index in [1.54, 1.807) is 12.1 Å². The molecule has 9 nitrogen and oxygen atoms in total. The van der Waals surface area contributed by atoms with Gasteiger partial charge in [0, 0.05) is 17.1 Å². The van der Waals surface area contributed by atoms with Crippen LogP contribution in [0.5, 0.6) is 17.2 Å². The summed E-state index contributed by atoms with van der Waals surface area (Å²) in [6.07, 6.45) is -3.29. The average Bonchev–Trinajstić information content (AvgIpc) is 3.45. The van der Waals surface area contributed by atoms with Crippen LogP contribution >= 0.6 is 0 Å². The molecule has 0 aliphatic carbocycles. The quantitative estimate of drug-likeness (QED) is 0.379. The van der Waals surface area contributed by atoms with Crippen molar-refractivity contribution in [2.45, 2.75) is 43.5 Å². The van der Waals surface area contributed by atoms with Crippen LogP contribution in [0.25, 0.3) is 10.9 Å². The highest BCUT2D eigenvalue weighted by atomic mass is 16.7. The van der Waals surface area contributed by atoms with Crippen molar-refractivity contribution in [2.24, 2.45) is 0 Å². The topological polar surface area (TPSA) is 134 Å². The largest absolute Gasteiger partial charge is 0.461 e. The second kappa shape index (κ2) is 8.61. The lowest BCUT2D eigenvalue weighted by atomic mass is 9.99. The van der Waals surface area contributed by atoms with E-state index < -0.39 is 37.3 Å². The maximum absolute atomic E-state index is 10.3. The molecule has 5 atom stereocenters. The highest BCUT2D eigenvalue weighted by molar-refractivity contribution is 5.89. The maximum Gasteiger partial charge on any atom is 0.231 e. The van der Waals surface area contributed by atoms with Crippen molar-refractivity contribution >= 4 is 10.9 Å². The molecule has 1 aromatic heterocycles. The number of hydrogen-bond acceptors (Lipinski definition) is 8. The van der Waals surface area contributed by atoms with E-state index in [-0.39, 0.29) is 6.79 Å². The Bertz CT molecular complexity index is 1100. The molecular formula is C23H25NO8. The van der Waals surface area contributed by atoms with Gasteiger partial charge in [-0.25, -0.2) is 0 Å². The molecule has 3 heterocycles. The van der Waals surface area contributed by atoms with Crippen LogP contribution in [0.15, 0.2) is 42.6 Å². The molecule has 9 heteroatoms. The molecule has 1 saturated heterocycles. The molecule has 0 bridgehead atoms. The predicted octanol–water partition coefficient (Wildman–Crippen LogP) is 0.860. The van der Waals surface area contributed by atoms with E-state index in [1.807, 2.05) is 30.5 Å². The Morgan fingerprint density at radius 2 is 1.81 bits per heavy atom. The van der Waals surface area contributed by atoms with Gasteiger partial charge in [-0.05, 0) is 48.2 Å². The van der Waals surface area contributed by atoms with Crippen molar-refractivity contribution in [2.75, 3.05) is 13.4 Å². The lowest BCUT2D eigenvalue weighted by Crippen LogP contribution is -2.60. The molecule has 5 N–H and O–H groups in total. The molecule has 2 aliphatic rings. The Balaban J connectivity index is 1.37. The summed E-state index contributed by atoms with van der Waals surface area (Å²) in [5, 5.41) is 40.6. The molecule has 0 radical (unpaired) electrons. The number of aryl methyl sites for hydroxylation is 2. The van der Waals surface area contributed by atoms with Crippen LogP contribution in [-0.2, 0) is 17.6 Å². The number of hydrogen-bond donors (Lipinski definition) is 5. The zero-order valence-corrected chi connectivity index (χ0v) is 17.2. The zero-order chi connectivity index (χ0) is 22.2. The zero-order valence-electron chi connectivity index (χ0n) is 17.2. The second-order valence-electron chi connectivity index (χ2n) is 8.00. The van der Waals surface area contributed by atoms with Crippen LogP contribution in [0.3, 0.4) is 0 Å². The number of aromatic amines is 1. The Morgan fingerprint density at radius 3 is 2.66 bits per heavy atom. The Morgan fingerprint density at radius 1 is 0.969 bits per heavy atom. The van der Waals surface area contributed by atoms with Gasteiger partial charge in [-0.15, -0.1) is 0 Å². The van der Waals surface area contributed by atoms with Gasteiger partial charge in [0.2, 0.25) is 13.1 Å². The first-order valence-electron chi connectivity index (χ1n) is 10.5. The van der Waals surface area contributed by atoms with Crippen molar-refractivity contribution in [3.63, 3.8) is 0 Å². The van der Waals surface area contributed by atoms with Crippen molar-refractivity contribution in [3.05, 3.63) is 53.7 Å². The van der Waals surface area contributed by atoms with Gasteiger partial charge in [0.25, 0.3) is 0 Å². The fourth-order valence-electron chi connectivity index (χ4n) is 4.18. The molecule has 32 heavy (non-hydrogen) atoms. The molecule has 3 aromatic rings. The molecule has 2 aliphatic heterocycles. The van der Waals surface area contributed by atoms with Crippen molar-refractivity contribution in [1.29, 1.82) is 0 Å². The fourth-order valence-corrected chi connectivity index (χ4v) is 4.18. The molecule has 0 unspecified atom stereocenters. The fraction of sp³-hybridized carbons (Fsp3) is 0.391. The van der Waals surface area contributed by atoms with E-state index in [9.17, 15) is 20.4 Å². The smallest absolute Gasteiger partial charge is 0.231 e. The first kappa shape index (κ1) is 21.0. The number of ether oxygens (including phenoxy) is 4. The third kappa shape index (κ3) is 3.78. The first-order valence-corrected chi connectivity index (χ1v) is 10.5. The second-order valence-corrected chi connectivity index (χ2v) is 8.00. The number of nitrogens with one attached hydrogen (secondary N) is 1. The monoisotopic (exact) mass is 443 g/mol.